The Morgan fingerprint density at radius 1 is 1.60 bits per heavy atom. The van der Waals surface area contributed by atoms with Crippen LogP contribution in [0.4, 0.5) is 0 Å². The summed E-state index contributed by atoms with van der Waals surface area (Å²) in [5.41, 5.74) is 1.08. The maximum atomic E-state index is 5.37. The van der Waals surface area contributed by atoms with E-state index in [1.165, 1.54) is 0 Å². The van der Waals surface area contributed by atoms with E-state index in [9.17, 15) is 0 Å². The quantitative estimate of drug-likeness (QED) is 0.787. The standard InChI is InChI=1S/C11H15N3O/c1-2-10(11-4-3-5-15-11)13-7-9-6-12-8-14-9/h3-6,8,10,13H,2,7H2,1H3,(H,12,14). The Hall–Kier alpha value is -1.55. The minimum Gasteiger partial charge on any atom is -0.468 e. The fraction of sp³-hybridized carbons (Fsp3) is 0.364. The van der Waals surface area contributed by atoms with Gasteiger partial charge in [-0.05, 0) is 18.6 Å². The third-order valence-electron chi connectivity index (χ3n) is 2.39. The summed E-state index contributed by atoms with van der Waals surface area (Å²) in [6, 6.07) is 4.17. The average Bonchev–Trinajstić information content (AvgIpc) is 2.90. The van der Waals surface area contributed by atoms with Crippen molar-refractivity contribution in [3.8, 4) is 0 Å². The molecule has 1 unspecified atom stereocenters. The Bertz CT molecular complexity index is 366. The second-order valence-electron chi connectivity index (χ2n) is 3.43. The van der Waals surface area contributed by atoms with Crippen LogP contribution in [0.1, 0.15) is 30.8 Å². The number of nitrogens with one attached hydrogen (secondary N) is 2. The van der Waals surface area contributed by atoms with Crippen LogP contribution in [0, 0.1) is 0 Å². The maximum absolute atomic E-state index is 5.37. The van der Waals surface area contributed by atoms with Crippen LogP contribution in [0.2, 0.25) is 0 Å². The summed E-state index contributed by atoms with van der Waals surface area (Å²) in [6.07, 6.45) is 6.21. The van der Waals surface area contributed by atoms with E-state index in [1.54, 1.807) is 12.6 Å². The number of aromatic nitrogens is 2. The van der Waals surface area contributed by atoms with E-state index in [0.29, 0.717) is 0 Å². The molecule has 2 aromatic rings. The molecular weight excluding hydrogens is 190 g/mol. The monoisotopic (exact) mass is 205 g/mol. The fourth-order valence-corrected chi connectivity index (χ4v) is 1.55. The molecule has 2 heterocycles. The van der Waals surface area contributed by atoms with Crippen molar-refractivity contribution in [2.75, 3.05) is 0 Å². The Morgan fingerprint density at radius 2 is 2.53 bits per heavy atom. The predicted octanol–water partition coefficient (Wildman–Crippen LogP) is 2.24. The highest BCUT2D eigenvalue weighted by Gasteiger charge is 2.10. The number of hydrogen-bond acceptors (Lipinski definition) is 3. The molecule has 0 spiro atoms. The van der Waals surface area contributed by atoms with Crippen molar-refractivity contribution in [1.82, 2.24) is 15.3 Å². The molecule has 0 aliphatic rings. The SMILES string of the molecule is CCC(NCc1cnc[nH]1)c1ccco1. The zero-order chi connectivity index (χ0) is 10.5. The zero-order valence-electron chi connectivity index (χ0n) is 8.73. The maximum Gasteiger partial charge on any atom is 0.120 e. The zero-order valence-corrected chi connectivity index (χ0v) is 8.73. The largest absolute Gasteiger partial charge is 0.468 e. The lowest BCUT2D eigenvalue weighted by atomic mass is 10.1. The summed E-state index contributed by atoms with van der Waals surface area (Å²) in [6.45, 7) is 2.91. The smallest absolute Gasteiger partial charge is 0.120 e. The van der Waals surface area contributed by atoms with Gasteiger partial charge in [-0.3, -0.25) is 0 Å². The molecule has 80 valence electrons. The van der Waals surface area contributed by atoms with Gasteiger partial charge in [0.1, 0.15) is 5.76 Å². The van der Waals surface area contributed by atoms with Gasteiger partial charge in [0.15, 0.2) is 0 Å². The van der Waals surface area contributed by atoms with Gasteiger partial charge in [0, 0.05) is 18.4 Å². The summed E-state index contributed by atoms with van der Waals surface area (Å²) < 4.78 is 5.37. The van der Waals surface area contributed by atoms with Gasteiger partial charge in [0.2, 0.25) is 0 Å². The van der Waals surface area contributed by atoms with E-state index in [2.05, 4.69) is 22.2 Å². The molecule has 15 heavy (non-hydrogen) atoms. The van der Waals surface area contributed by atoms with E-state index in [1.807, 2.05) is 18.3 Å². The van der Waals surface area contributed by atoms with E-state index >= 15 is 0 Å². The van der Waals surface area contributed by atoms with Crippen LogP contribution in [0.3, 0.4) is 0 Å². The highest BCUT2D eigenvalue weighted by atomic mass is 16.3. The van der Waals surface area contributed by atoms with Gasteiger partial charge in [0.05, 0.1) is 18.6 Å². The number of rotatable bonds is 5. The molecule has 0 aliphatic carbocycles. The summed E-state index contributed by atoms with van der Waals surface area (Å²) in [5.74, 6) is 0.983. The Labute approximate surface area is 88.7 Å². The predicted molar refractivity (Wildman–Crippen MR) is 57.2 cm³/mol. The van der Waals surface area contributed by atoms with Gasteiger partial charge in [-0.25, -0.2) is 4.98 Å². The molecule has 0 saturated carbocycles. The molecule has 1 atom stereocenters. The van der Waals surface area contributed by atoms with E-state index in [0.717, 1.165) is 24.4 Å². The second-order valence-corrected chi connectivity index (χ2v) is 3.43. The third kappa shape index (κ3) is 2.47. The highest BCUT2D eigenvalue weighted by Crippen LogP contribution is 2.16. The van der Waals surface area contributed by atoms with Crippen molar-refractivity contribution < 1.29 is 4.42 Å². The van der Waals surface area contributed by atoms with Crippen LogP contribution in [0.15, 0.2) is 35.3 Å². The minimum absolute atomic E-state index is 0.267. The first-order valence-corrected chi connectivity index (χ1v) is 5.14. The van der Waals surface area contributed by atoms with Crippen molar-refractivity contribution in [2.24, 2.45) is 0 Å². The van der Waals surface area contributed by atoms with Crippen molar-refractivity contribution in [3.05, 3.63) is 42.4 Å². The van der Waals surface area contributed by atoms with Gasteiger partial charge < -0.3 is 14.7 Å². The summed E-state index contributed by atoms with van der Waals surface area (Å²) in [7, 11) is 0. The highest BCUT2D eigenvalue weighted by molar-refractivity contribution is 5.05. The molecular formula is C11H15N3O. The first-order chi connectivity index (χ1) is 7.40. The van der Waals surface area contributed by atoms with Crippen LogP contribution in [-0.4, -0.2) is 9.97 Å². The van der Waals surface area contributed by atoms with Crippen LogP contribution >= 0.6 is 0 Å². The summed E-state index contributed by atoms with van der Waals surface area (Å²) >= 11 is 0. The molecule has 0 aliphatic heterocycles. The molecule has 0 saturated heterocycles. The number of furan rings is 1. The van der Waals surface area contributed by atoms with Crippen LogP contribution < -0.4 is 5.32 Å². The van der Waals surface area contributed by atoms with E-state index in [4.69, 9.17) is 4.42 Å². The summed E-state index contributed by atoms with van der Waals surface area (Å²) in [5, 5.41) is 3.41. The molecule has 0 amide bonds. The Kier molecular flexibility index (Phi) is 3.19. The topological polar surface area (TPSA) is 53.9 Å². The van der Waals surface area contributed by atoms with Gasteiger partial charge in [-0.1, -0.05) is 6.92 Å². The number of imidazole rings is 1. The van der Waals surface area contributed by atoms with Gasteiger partial charge in [-0.15, -0.1) is 0 Å². The molecule has 2 rings (SSSR count). The first kappa shape index (κ1) is 9.98. The van der Waals surface area contributed by atoms with Gasteiger partial charge >= 0.3 is 0 Å². The Balaban J connectivity index is 1.92. The molecule has 0 bridgehead atoms. The fourth-order valence-electron chi connectivity index (χ4n) is 1.55. The molecule has 4 nitrogen and oxygen atoms in total. The lowest BCUT2D eigenvalue weighted by Crippen LogP contribution is -2.19. The lowest BCUT2D eigenvalue weighted by molar-refractivity contribution is 0.402. The van der Waals surface area contributed by atoms with Crippen molar-refractivity contribution in [3.63, 3.8) is 0 Å². The van der Waals surface area contributed by atoms with Crippen LogP contribution in [0.25, 0.3) is 0 Å². The third-order valence-corrected chi connectivity index (χ3v) is 2.39. The molecule has 0 aromatic carbocycles. The molecule has 4 heteroatoms. The molecule has 2 N–H and O–H groups in total. The minimum atomic E-state index is 0.267. The molecule has 2 aromatic heterocycles. The second kappa shape index (κ2) is 4.79. The number of aromatic amines is 1. The van der Waals surface area contributed by atoms with Crippen molar-refractivity contribution in [1.29, 1.82) is 0 Å². The van der Waals surface area contributed by atoms with Crippen LogP contribution in [0.5, 0.6) is 0 Å². The van der Waals surface area contributed by atoms with Crippen molar-refractivity contribution >= 4 is 0 Å². The molecule has 0 radical (unpaired) electrons. The number of nitrogens with zero attached hydrogens (tertiary/aromatic N) is 1. The lowest BCUT2D eigenvalue weighted by Gasteiger charge is -2.13. The van der Waals surface area contributed by atoms with Gasteiger partial charge in [0.25, 0.3) is 0 Å². The summed E-state index contributed by atoms with van der Waals surface area (Å²) in [4.78, 5) is 7.03. The first-order valence-electron chi connectivity index (χ1n) is 5.14. The van der Waals surface area contributed by atoms with Gasteiger partial charge in [-0.2, -0.15) is 0 Å². The normalized spacial score (nSPS) is 12.9. The van der Waals surface area contributed by atoms with Crippen molar-refractivity contribution in [2.45, 2.75) is 25.9 Å². The van der Waals surface area contributed by atoms with E-state index in [-0.39, 0.29) is 6.04 Å². The van der Waals surface area contributed by atoms with Crippen LogP contribution in [-0.2, 0) is 6.54 Å². The number of H-pyrrole nitrogens is 1. The molecule has 0 fully saturated rings. The number of hydrogen-bond donors (Lipinski definition) is 2. The average molecular weight is 205 g/mol. The Morgan fingerprint density at radius 3 is 3.13 bits per heavy atom. The van der Waals surface area contributed by atoms with E-state index < -0.39 is 0 Å².